The Morgan fingerprint density at radius 2 is 1.63 bits per heavy atom. The van der Waals surface area contributed by atoms with Gasteiger partial charge >= 0.3 is 6.18 Å². The predicted octanol–water partition coefficient (Wildman–Crippen LogP) is 7.93. The van der Waals surface area contributed by atoms with Crippen molar-refractivity contribution in [2.24, 2.45) is 5.92 Å². The fourth-order valence-electron chi connectivity index (χ4n) is 5.35. The van der Waals surface area contributed by atoms with Gasteiger partial charge < -0.3 is 15.0 Å². The van der Waals surface area contributed by atoms with Gasteiger partial charge in [-0.1, -0.05) is 31.2 Å². The van der Waals surface area contributed by atoms with Gasteiger partial charge in [0.05, 0.1) is 18.2 Å². The van der Waals surface area contributed by atoms with Crippen LogP contribution in [0.3, 0.4) is 0 Å². The average molecular weight is 583 g/mol. The van der Waals surface area contributed by atoms with Crippen LogP contribution in [0, 0.1) is 5.92 Å². The van der Waals surface area contributed by atoms with Crippen LogP contribution in [0.25, 0.3) is 0 Å². The fourth-order valence-corrected chi connectivity index (χ4v) is 6.01. The number of thioether (sulfide) groups is 1. The summed E-state index contributed by atoms with van der Waals surface area (Å²) in [5, 5.41) is 3.00. The quantitative estimate of drug-likeness (QED) is 0.233. The second-order valence-electron chi connectivity index (χ2n) is 11.0. The van der Waals surface area contributed by atoms with E-state index in [2.05, 4.69) is 29.3 Å². The molecule has 4 nitrogen and oxygen atoms in total. The summed E-state index contributed by atoms with van der Waals surface area (Å²) in [6, 6.07) is 21.6. The van der Waals surface area contributed by atoms with Crippen LogP contribution in [0.4, 0.5) is 18.9 Å². The molecule has 8 heteroatoms. The van der Waals surface area contributed by atoms with Crippen LogP contribution in [0.2, 0.25) is 0 Å². The van der Waals surface area contributed by atoms with Crippen LogP contribution in [-0.2, 0) is 17.5 Å². The maximum absolute atomic E-state index is 13.1. The van der Waals surface area contributed by atoms with Gasteiger partial charge in [0.25, 0.3) is 5.91 Å². The molecule has 1 amide bonds. The lowest BCUT2D eigenvalue weighted by Gasteiger charge is -2.41. The van der Waals surface area contributed by atoms with Crippen molar-refractivity contribution in [1.29, 1.82) is 0 Å². The Balaban J connectivity index is 1.24. The summed E-state index contributed by atoms with van der Waals surface area (Å²) in [7, 11) is 0. The molecule has 2 fully saturated rings. The number of rotatable bonds is 11. The van der Waals surface area contributed by atoms with Gasteiger partial charge in [0, 0.05) is 41.8 Å². The SMILES string of the molecule is CCSc1ccc(CNC(=O)c2ccc(N3CC(c4ccc(C(F)(F)F)cc4)CC[C@H]3COCC3CC3)cc2)cc1. The van der Waals surface area contributed by atoms with Crippen LogP contribution >= 0.6 is 11.8 Å². The molecule has 1 aliphatic heterocycles. The highest BCUT2D eigenvalue weighted by molar-refractivity contribution is 7.99. The Morgan fingerprint density at radius 1 is 0.927 bits per heavy atom. The third-order valence-corrected chi connectivity index (χ3v) is 8.82. The Kier molecular flexibility index (Phi) is 9.60. The number of carbonyl (C=O) groups excluding carboxylic acids is 1. The second-order valence-corrected chi connectivity index (χ2v) is 12.3. The van der Waals surface area contributed by atoms with Gasteiger partial charge in [0.2, 0.25) is 0 Å². The minimum absolute atomic E-state index is 0.113. The van der Waals surface area contributed by atoms with Gasteiger partial charge in [-0.15, -0.1) is 11.8 Å². The van der Waals surface area contributed by atoms with E-state index < -0.39 is 11.7 Å². The number of nitrogens with zero attached hydrogens (tertiary/aromatic N) is 1. The third-order valence-electron chi connectivity index (χ3n) is 7.92. The zero-order valence-corrected chi connectivity index (χ0v) is 24.1. The van der Waals surface area contributed by atoms with Gasteiger partial charge in [-0.25, -0.2) is 0 Å². The molecule has 0 bridgehead atoms. The molecule has 3 aromatic carbocycles. The lowest BCUT2D eigenvalue weighted by atomic mass is 9.86. The Bertz CT molecular complexity index is 1280. The van der Waals surface area contributed by atoms with Crippen molar-refractivity contribution in [1.82, 2.24) is 5.32 Å². The number of piperidine rings is 1. The first kappa shape index (κ1) is 29.5. The minimum atomic E-state index is -4.34. The Labute approximate surface area is 244 Å². The molecule has 2 aliphatic rings. The average Bonchev–Trinajstić information content (AvgIpc) is 3.81. The first-order valence-electron chi connectivity index (χ1n) is 14.4. The highest BCUT2D eigenvalue weighted by atomic mass is 32.2. The zero-order valence-electron chi connectivity index (χ0n) is 23.3. The fraction of sp³-hybridized carbons (Fsp3) is 0.424. The number of hydrogen-bond donors (Lipinski definition) is 1. The molecule has 0 spiro atoms. The summed E-state index contributed by atoms with van der Waals surface area (Å²) in [6.45, 7) is 4.66. The number of ether oxygens (including phenoxy) is 1. The highest BCUT2D eigenvalue weighted by Gasteiger charge is 2.33. The lowest BCUT2D eigenvalue weighted by Crippen LogP contribution is -2.45. The van der Waals surface area contributed by atoms with Crippen LogP contribution in [0.15, 0.2) is 77.7 Å². The number of hydrogen-bond acceptors (Lipinski definition) is 4. The van der Waals surface area contributed by atoms with E-state index in [9.17, 15) is 18.0 Å². The number of nitrogens with one attached hydrogen (secondary N) is 1. The predicted molar refractivity (Wildman–Crippen MR) is 159 cm³/mol. The smallest absolute Gasteiger partial charge is 0.379 e. The molecule has 0 radical (unpaired) electrons. The maximum Gasteiger partial charge on any atom is 0.416 e. The molecular weight excluding hydrogens is 545 g/mol. The Morgan fingerprint density at radius 3 is 2.27 bits per heavy atom. The molecule has 5 rings (SSSR count). The van der Waals surface area contributed by atoms with E-state index in [4.69, 9.17) is 4.74 Å². The van der Waals surface area contributed by atoms with Gasteiger partial charge in [0.1, 0.15) is 0 Å². The van der Waals surface area contributed by atoms with E-state index >= 15 is 0 Å². The molecule has 218 valence electrons. The molecule has 1 heterocycles. The van der Waals surface area contributed by atoms with Gasteiger partial charge in [-0.05, 0) is 97.0 Å². The topological polar surface area (TPSA) is 41.6 Å². The maximum atomic E-state index is 13.1. The van der Waals surface area contributed by atoms with Gasteiger partial charge in [0.15, 0.2) is 0 Å². The van der Waals surface area contributed by atoms with E-state index in [-0.39, 0.29) is 17.9 Å². The number of halogens is 3. The van der Waals surface area contributed by atoms with Crippen molar-refractivity contribution in [3.63, 3.8) is 0 Å². The summed E-state index contributed by atoms with van der Waals surface area (Å²) in [4.78, 5) is 16.4. The van der Waals surface area contributed by atoms with Crippen molar-refractivity contribution in [3.05, 3.63) is 95.1 Å². The normalized spacial score (nSPS) is 19.3. The lowest BCUT2D eigenvalue weighted by molar-refractivity contribution is -0.137. The van der Waals surface area contributed by atoms with Crippen LogP contribution in [-0.4, -0.2) is 37.5 Å². The van der Waals surface area contributed by atoms with Crippen LogP contribution < -0.4 is 10.2 Å². The molecule has 2 atom stereocenters. The summed E-state index contributed by atoms with van der Waals surface area (Å²) < 4.78 is 45.3. The van der Waals surface area contributed by atoms with Crippen LogP contribution in [0.1, 0.15) is 65.6 Å². The van der Waals surface area contributed by atoms with E-state index in [1.807, 2.05) is 36.4 Å². The first-order chi connectivity index (χ1) is 19.8. The van der Waals surface area contributed by atoms with Crippen molar-refractivity contribution >= 4 is 23.4 Å². The summed E-state index contributed by atoms with van der Waals surface area (Å²) >= 11 is 1.79. The summed E-state index contributed by atoms with van der Waals surface area (Å²) in [6.07, 6.45) is -0.103. The number of benzene rings is 3. The van der Waals surface area contributed by atoms with Gasteiger partial charge in [-0.3, -0.25) is 4.79 Å². The van der Waals surface area contributed by atoms with E-state index in [0.29, 0.717) is 31.2 Å². The molecule has 1 aliphatic carbocycles. The molecule has 1 saturated heterocycles. The molecule has 1 N–H and O–H groups in total. The number of anilines is 1. The number of alkyl halides is 3. The standard InChI is InChI=1S/C33H37F3N2O2S/c1-2-41-31-17-5-23(6-18-31)19-37-32(39)26-9-14-29(15-10-26)38-20-27(11-16-30(38)22-40-21-24-3-4-24)25-7-12-28(13-8-25)33(34,35)36/h5-10,12-15,17-18,24,27,30H,2-4,11,16,19-22H2,1H3,(H,37,39)/t27?,30-/m0/s1. The molecule has 1 saturated carbocycles. The third kappa shape index (κ3) is 8.07. The molecule has 1 unspecified atom stereocenters. The largest absolute Gasteiger partial charge is 0.416 e. The first-order valence-corrected chi connectivity index (χ1v) is 15.4. The number of carbonyl (C=O) groups is 1. The number of amides is 1. The summed E-state index contributed by atoms with van der Waals surface area (Å²) in [5.41, 5.74) is 2.92. The second kappa shape index (κ2) is 13.3. The van der Waals surface area contributed by atoms with E-state index in [1.54, 1.807) is 23.9 Å². The molecule has 3 aromatic rings. The molecular formula is C33H37F3N2O2S. The van der Waals surface area contributed by atoms with E-state index in [1.165, 1.54) is 29.9 Å². The Hall–Kier alpha value is -2.97. The summed E-state index contributed by atoms with van der Waals surface area (Å²) in [5.74, 6) is 1.68. The van der Waals surface area contributed by atoms with Crippen LogP contribution in [0.5, 0.6) is 0 Å². The van der Waals surface area contributed by atoms with Gasteiger partial charge in [-0.2, -0.15) is 13.2 Å². The highest BCUT2D eigenvalue weighted by Crippen LogP contribution is 2.36. The van der Waals surface area contributed by atoms with Crippen molar-refractivity contribution in [2.75, 3.05) is 30.4 Å². The van der Waals surface area contributed by atoms with E-state index in [0.717, 1.165) is 42.0 Å². The zero-order chi connectivity index (χ0) is 28.8. The molecule has 0 aromatic heterocycles. The minimum Gasteiger partial charge on any atom is -0.379 e. The van der Waals surface area contributed by atoms with Crippen molar-refractivity contribution in [3.8, 4) is 0 Å². The molecule has 41 heavy (non-hydrogen) atoms. The van der Waals surface area contributed by atoms with Crippen molar-refractivity contribution < 1.29 is 22.7 Å². The van der Waals surface area contributed by atoms with Crippen molar-refractivity contribution in [2.45, 2.75) is 62.2 Å². The monoisotopic (exact) mass is 582 g/mol.